The molecule has 5 nitrogen and oxygen atoms in total. The average molecular weight is 365 g/mol. The monoisotopic (exact) mass is 365 g/mol. The van der Waals surface area contributed by atoms with E-state index in [0.29, 0.717) is 5.69 Å². The number of esters is 1. The van der Waals surface area contributed by atoms with Crippen molar-refractivity contribution in [2.75, 3.05) is 18.0 Å². The predicted octanol–water partition coefficient (Wildman–Crippen LogP) is 3.32. The van der Waals surface area contributed by atoms with E-state index in [-0.39, 0.29) is 10.8 Å². The van der Waals surface area contributed by atoms with Crippen molar-refractivity contribution < 1.29 is 22.3 Å². The Balaban J connectivity index is 2.61. The van der Waals surface area contributed by atoms with Gasteiger partial charge >= 0.3 is 5.97 Å². The highest BCUT2D eigenvalue weighted by molar-refractivity contribution is 7.92. The summed E-state index contributed by atoms with van der Waals surface area (Å²) in [4.78, 5) is 11.7. The van der Waals surface area contributed by atoms with Crippen LogP contribution in [0.4, 0.5) is 10.1 Å². The molecule has 2 aromatic rings. The van der Waals surface area contributed by atoms with Crippen LogP contribution in [0.2, 0.25) is 0 Å². The van der Waals surface area contributed by atoms with Crippen LogP contribution in [0.1, 0.15) is 25.3 Å². The van der Waals surface area contributed by atoms with Crippen molar-refractivity contribution in [3.63, 3.8) is 0 Å². The third-order valence-electron chi connectivity index (χ3n) is 3.73. The molecule has 0 heterocycles. The van der Waals surface area contributed by atoms with Crippen LogP contribution in [0.15, 0.2) is 53.4 Å². The quantitative estimate of drug-likeness (QED) is 0.737. The number of para-hydroxylation sites is 1. The number of methoxy groups -OCH3 is 1. The van der Waals surface area contributed by atoms with Crippen molar-refractivity contribution in [3.8, 4) is 0 Å². The number of carbonyl (C=O) groups is 1. The van der Waals surface area contributed by atoms with Gasteiger partial charge in [-0.05, 0) is 41.8 Å². The van der Waals surface area contributed by atoms with Gasteiger partial charge in [0.2, 0.25) is 0 Å². The number of rotatable bonds is 6. The Morgan fingerprint density at radius 3 is 2.28 bits per heavy atom. The number of anilines is 1. The van der Waals surface area contributed by atoms with E-state index >= 15 is 0 Å². The first-order valence-corrected chi connectivity index (χ1v) is 9.15. The molecule has 2 rings (SSSR count). The van der Waals surface area contributed by atoms with Crippen LogP contribution in [0.3, 0.4) is 0 Å². The summed E-state index contributed by atoms with van der Waals surface area (Å²) in [6, 6.07) is 11.4. The molecule has 0 aromatic heterocycles. The van der Waals surface area contributed by atoms with Gasteiger partial charge < -0.3 is 4.74 Å². The second-order valence-corrected chi connectivity index (χ2v) is 7.62. The SMILES string of the molecule is COC(=O)CN(c1ccccc1C(C)C)S(=O)(=O)c1ccc(F)cc1. The van der Waals surface area contributed by atoms with E-state index in [1.54, 1.807) is 18.2 Å². The van der Waals surface area contributed by atoms with Gasteiger partial charge in [0.1, 0.15) is 12.4 Å². The Morgan fingerprint density at radius 1 is 1.12 bits per heavy atom. The van der Waals surface area contributed by atoms with Crippen LogP contribution in [-0.4, -0.2) is 28.0 Å². The summed E-state index contributed by atoms with van der Waals surface area (Å²) in [7, 11) is -2.87. The Morgan fingerprint density at radius 2 is 1.72 bits per heavy atom. The highest BCUT2D eigenvalue weighted by atomic mass is 32.2. The molecular formula is C18H20FNO4S. The maximum Gasteiger partial charge on any atom is 0.326 e. The Bertz CT molecular complexity index is 848. The van der Waals surface area contributed by atoms with E-state index in [0.717, 1.165) is 22.0 Å². The molecule has 0 aliphatic rings. The lowest BCUT2D eigenvalue weighted by atomic mass is 10.0. The Kier molecular flexibility index (Phi) is 5.79. The lowest BCUT2D eigenvalue weighted by molar-refractivity contribution is -0.138. The van der Waals surface area contributed by atoms with Gasteiger partial charge in [0.25, 0.3) is 10.0 Å². The number of benzene rings is 2. The first-order valence-electron chi connectivity index (χ1n) is 7.71. The van der Waals surface area contributed by atoms with E-state index in [1.807, 2.05) is 19.9 Å². The third kappa shape index (κ3) is 4.17. The lowest BCUT2D eigenvalue weighted by Gasteiger charge is -2.26. The number of carbonyl (C=O) groups excluding carboxylic acids is 1. The normalized spacial score (nSPS) is 11.4. The fraction of sp³-hybridized carbons (Fsp3) is 0.278. The van der Waals surface area contributed by atoms with Gasteiger partial charge in [0.15, 0.2) is 0 Å². The molecule has 0 unspecified atom stereocenters. The molecule has 0 amide bonds. The molecule has 0 spiro atoms. The molecule has 0 atom stereocenters. The van der Waals surface area contributed by atoms with Gasteiger partial charge in [-0.15, -0.1) is 0 Å². The molecule has 0 aliphatic heterocycles. The maximum atomic E-state index is 13.2. The smallest absolute Gasteiger partial charge is 0.326 e. The molecular weight excluding hydrogens is 345 g/mol. The summed E-state index contributed by atoms with van der Waals surface area (Å²) in [6.45, 7) is 3.39. The van der Waals surface area contributed by atoms with Gasteiger partial charge in [-0.1, -0.05) is 32.0 Å². The zero-order valence-electron chi connectivity index (χ0n) is 14.3. The summed E-state index contributed by atoms with van der Waals surface area (Å²) in [5, 5.41) is 0. The standard InChI is InChI=1S/C18H20FNO4S/c1-13(2)16-6-4-5-7-17(16)20(12-18(21)24-3)25(22,23)15-10-8-14(19)9-11-15/h4-11,13H,12H2,1-3H3. The van der Waals surface area contributed by atoms with Crippen molar-refractivity contribution >= 4 is 21.7 Å². The fourth-order valence-corrected chi connectivity index (χ4v) is 3.85. The van der Waals surface area contributed by atoms with Crippen LogP contribution >= 0.6 is 0 Å². The van der Waals surface area contributed by atoms with Crippen LogP contribution in [0.5, 0.6) is 0 Å². The lowest BCUT2D eigenvalue weighted by Crippen LogP contribution is -2.37. The molecule has 7 heteroatoms. The minimum atomic E-state index is -4.07. The van der Waals surface area contributed by atoms with E-state index < -0.39 is 28.4 Å². The van der Waals surface area contributed by atoms with Gasteiger partial charge in [0.05, 0.1) is 17.7 Å². The van der Waals surface area contributed by atoms with Crippen molar-refractivity contribution in [2.24, 2.45) is 0 Å². The molecule has 0 fully saturated rings. The van der Waals surface area contributed by atoms with E-state index in [9.17, 15) is 17.6 Å². The number of hydrogen-bond donors (Lipinski definition) is 0. The number of nitrogens with zero attached hydrogens (tertiary/aromatic N) is 1. The third-order valence-corrected chi connectivity index (χ3v) is 5.50. The number of ether oxygens (including phenoxy) is 1. The molecule has 0 saturated carbocycles. The van der Waals surface area contributed by atoms with Gasteiger partial charge in [0, 0.05) is 0 Å². The zero-order chi connectivity index (χ0) is 18.6. The van der Waals surface area contributed by atoms with Gasteiger partial charge in [-0.3, -0.25) is 9.10 Å². The van der Waals surface area contributed by atoms with Gasteiger partial charge in [-0.2, -0.15) is 0 Å². The average Bonchev–Trinajstić information content (AvgIpc) is 2.59. The topological polar surface area (TPSA) is 63.7 Å². The van der Waals surface area contributed by atoms with Crippen molar-refractivity contribution in [1.82, 2.24) is 0 Å². The number of sulfonamides is 1. The van der Waals surface area contributed by atoms with Gasteiger partial charge in [-0.25, -0.2) is 12.8 Å². The minimum Gasteiger partial charge on any atom is -0.468 e. The van der Waals surface area contributed by atoms with Crippen molar-refractivity contribution in [2.45, 2.75) is 24.7 Å². The van der Waals surface area contributed by atoms with Crippen molar-refractivity contribution in [3.05, 3.63) is 59.9 Å². The van der Waals surface area contributed by atoms with Crippen molar-refractivity contribution in [1.29, 1.82) is 0 Å². The molecule has 0 saturated heterocycles. The second-order valence-electron chi connectivity index (χ2n) is 5.76. The molecule has 0 radical (unpaired) electrons. The highest BCUT2D eigenvalue weighted by Crippen LogP contribution is 2.31. The maximum absolute atomic E-state index is 13.2. The molecule has 25 heavy (non-hydrogen) atoms. The summed E-state index contributed by atoms with van der Waals surface area (Å²) in [5.41, 5.74) is 1.17. The molecule has 0 bridgehead atoms. The Hall–Kier alpha value is -2.41. The molecule has 0 N–H and O–H groups in total. The fourth-order valence-electron chi connectivity index (χ4n) is 2.42. The predicted molar refractivity (Wildman–Crippen MR) is 93.5 cm³/mol. The molecule has 2 aromatic carbocycles. The highest BCUT2D eigenvalue weighted by Gasteiger charge is 2.29. The largest absolute Gasteiger partial charge is 0.468 e. The number of hydrogen-bond acceptors (Lipinski definition) is 4. The molecule has 0 aliphatic carbocycles. The summed E-state index contributed by atoms with van der Waals surface area (Å²) >= 11 is 0. The zero-order valence-corrected chi connectivity index (χ0v) is 15.1. The second kappa shape index (κ2) is 7.65. The molecule has 134 valence electrons. The van der Waals surface area contributed by atoms with Crippen LogP contribution < -0.4 is 4.31 Å². The summed E-state index contributed by atoms with van der Waals surface area (Å²) in [6.07, 6.45) is 0. The first kappa shape index (κ1) is 18.9. The summed E-state index contributed by atoms with van der Waals surface area (Å²) in [5.74, 6) is -1.19. The van der Waals surface area contributed by atoms with Crippen LogP contribution in [0.25, 0.3) is 0 Å². The number of halogens is 1. The summed E-state index contributed by atoms with van der Waals surface area (Å²) < 4.78 is 44.9. The minimum absolute atomic E-state index is 0.0414. The van der Waals surface area contributed by atoms with E-state index in [4.69, 9.17) is 0 Å². The van der Waals surface area contributed by atoms with Crippen LogP contribution in [0, 0.1) is 5.82 Å². The first-order chi connectivity index (χ1) is 11.8. The van der Waals surface area contributed by atoms with E-state index in [2.05, 4.69) is 4.74 Å². The van der Waals surface area contributed by atoms with Crippen LogP contribution in [-0.2, 0) is 19.6 Å². The van der Waals surface area contributed by atoms with E-state index in [1.165, 1.54) is 19.2 Å². The Labute approximate surface area is 147 Å².